The van der Waals surface area contributed by atoms with Gasteiger partial charge in [0.05, 0.1) is 17.0 Å². The summed E-state index contributed by atoms with van der Waals surface area (Å²) in [5.74, 6) is 0.239. The van der Waals surface area contributed by atoms with Crippen molar-refractivity contribution in [3.63, 3.8) is 0 Å². The summed E-state index contributed by atoms with van der Waals surface area (Å²) in [6.07, 6.45) is 1.76. The molecule has 1 aromatic carbocycles. The maximum Gasteiger partial charge on any atom is 0.243 e. The highest BCUT2D eigenvalue weighted by Gasteiger charge is 2.32. The molecule has 0 atom stereocenters. The summed E-state index contributed by atoms with van der Waals surface area (Å²) in [4.78, 5) is 12.3. The van der Waals surface area contributed by atoms with Crippen molar-refractivity contribution >= 4 is 27.5 Å². The minimum Gasteiger partial charge on any atom is -0.495 e. The number of sulfonamides is 1. The second kappa shape index (κ2) is 9.55. The molecular weight excluding hydrogens is 380 g/mol. The lowest BCUT2D eigenvalue weighted by Crippen LogP contribution is -2.43. The normalized spacial score (nSPS) is 16.4. The predicted octanol–water partition coefficient (Wildman–Crippen LogP) is 1.90. The fourth-order valence-electron chi connectivity index (χ4n) is 2.89. The van der Waals surface area contributed by atoms with Gasteiger partial charge in [0.25, 0.3) is 0 Å². The fourth-order valence-corrected chi connectivity index (χ4v) is 4.71. The van der Waals surface area contributed by atoms with Crippen LogP contribution in [-0.4, -0.2) is 59.1 Å². The van der Waals surface area contributed by atoms with Crippen LogP contribution in [-0.2, 0) is 19.6 Å². The largest absolute Gasteiger partial charge is 0.495 e. The molecule has 1 heterocycles. The first-order chi connectivity index (χ1) is 12.4. The van der Waals surface area contributed by atoms with Crippen LogP contribution < -0.4 is 10.1 Å². The zero-order chi connectivity index (χ0) is 19.2. The number of nitrogens with one attached hydrogen (secondary N) is 1. The van der Waals surface area contributed by atoms with Crippen molar-refractivity contribution in [2.45, 2.75) is 24.2 Å². The van der Waals surface area contributed by atoms with E-state index in [0.717, 1.165) is 6.42 Å². The highest BCUT2D eigenvalue weighted by molar-refractivity contribution is 7.89. The summed E-state index contributed by atoms with van der Waals surface area (Å²) in [6.45, 7) is 1.78. The first kappa shape index (κ1) is 21.0. The molecule has 0 aliphatic carbocycles. The molecule has 1 saturated heterocycles. The molecule has 1 aliphatic heterocycles. The number of halogens is 1. The molecule has 146 valence electrons. The number of hydrogen-bond donors (Lipinski definition) is 1. The van der Waals surface area contributed by atoms with E-state index < -0.39 is 10.0 Å². The molecule has 0 bridgehead atoms. The fraction of sp³-hybridized carbons (Fsp3) is 0.588. The minimum absolute atomic E-state index is 0.0226. The molecule has 0 spiro atoms. The quantitative estimate of drug-likeness (QED) is 0.669. The van der Waals surface area contributed by atoms with E-state index in [2.05, 4.69) is 5.32 Å². The average molecular weight is 405 g/mol. The van der Waals surface area contributed by atoms with Gasteiger partial charge in [-0.05, 0) is 37.5 Å². The monoisotopic (exact) mass is 404 g/mol. The van der Waals surface area contributed by atoms with Crippen LogP contribution >= 0.6 is 11.6 Å². The zero-order valence-electron chi connectivity index (χ0n) is 15.0. The average Bonchev–Trinajstić information content (AvgIpc) is 2.65. The van der Waals surface area contributed by atoms with Crippen molar-refractivity contribution in [1.29, 1.82) is 0 Å². The smallest absolute Gasteiger partial charge is 0.243 e. The van der Waals surface area contributed by atoms with Crippen LogP contribution in [0.2, 0.25) is 5.02 Å². The molecule has 2 rings (SSSR count). The second-order valence-corrected chi connectivity index (χ2v) is 8.46. The first-order valence-electron chi connectivity index (χ1n) is 8.50. The molecule has 0 aromatic heterocycles. The molecule has 1 aliphatic rings. The molecule has 1 fully saturated rings. The summed E-state index contributed by atoms with van der Waals surface area (Å²) in [6, 6.07) is 4.41. The number of methoxy groups -OCH3 is 2. The number of rotatable bonds is 8. The third kappa shape index (κ3) is 5.09. The number of nitrogens with zero attached hydrogens (tertiary/aromatic N) is 1. The van der Waals surface area contributed by atoms with E-state index in [-0.39, 0.29) is 21.7 Å². The summed E-state index contributed by atoms with van der Waals surface area (Å²) in [5, 5.41) is 3.12. The molecule has 9 heteroatoms. The van der Waals surface area contributed by atoms with Crippen LogP contribution in [0, 0.1) is 5.92 Å². The SMILES string of the molecule is COCCCNC(=O)C1CCN(S(=O)(=O)c2ccc(OC)c(Cl)c2)CC1. The topological polar surface area (TPSA) is 84.9 Å². The van der Waals surface area contributed by atoms with Gasteiger partial charge in [0.2, 0.25) is 15.9 Å². The van der Waals surface area contributed by atoms with Crippen molar-refractivity contribution in [2.75, 3.05) is 40.5 Å². The number of carbonyl (C=O) groups excluding carboxylic acids is 1. The lowest BCUT2D eigenvalue weighted by molar-refractivity contribution is -0.126. The predicted molar refractivity (Wildman–Crippen MR) is 99.0 cm³/mol. The Labute approximate surface area is 159 Å². The highest BCUT2D eigenvalue weighted by Crippen LogP contribution is 2.30. The van der Waals surface area contributed by atoms with Crippen LogP contribution in [0.25, 0.3) is 0 Å². The summed E-state index contributed by atoms with van der Waals surface area (Å²) in [7, 11) is -0.546. The Kier molecular flexibility index (Phi) is 7.69. The third-order valence-corrected chi connectivity index (χ3v) is 6.60. The van der Waals surface area contributed by atoms with Crippen LogP contribution in [0.4, 0.5) is 0 Å². The van der Waals surface area contributed by atoms with Gasteiger partial charge in [-0.3, -0.25) is 4.79 Å². The molecule has 0 radical (unpaired) electrons. The van der Waals surface area contributed by atoms with E-state index in [1.165, 1.54) is 29.6 Å². The van der Waals surface area contributed by atoms with Crippen LogP contribution in [0.15, 0.2) is 23.1 Å². The Hall–Kier alpha value is -1.35. The van der Waals surface area contributed by atoms with Gasteiger partial charge in [0, 0.05) is 39.3 Å². The Bertz CT molecular complexity index is 718. The van der Waals surface area contributed by atoms with Gasteiger partial charge >= 0.3 is 0 Å². The number of hydrogen-bond acceptors (Lipinski definition) is 5. The molecule has 1 aromatic rings. The second-order valence-electron chi connectivity index (χ2n) is 6.11. The van der Waals surface area contributed by atoms with Gasteiger partial charge < -0.3 is 14.8 Å². The van der Waals surface area contributed by atoms with Crippen molar-refractivity contribution in [3.8, 4) is 5.75 Å². The Balaban J connectivity index is 1.94. The Morgan fingerprint density at radius 2 is 2.00 bits per heavy atom. The van der Waals surface area contributed by atoms with Crippen molar-refractivity contribution < 1.29 is 22.7 Å². The van der Waals surface area contributed by atoms with E-state index >= 15 is 0 Å². The zero-order valence-corrected chi connectivity index (χ0v) is 16.6. The van der Waals surface area contributed by atoms with E-state index in [0.29, 0.717) is 44.8 Å². The molecule has 0 saturated carbocycles. The first-order valence-corrected chi connectivity index (χ1v) is 10.3. The van der Waals surface area contributed by atoms with E-state index in [1.807, 2.05) is 0 Å². The van der Waals surface area contributed by atoms with Gasteiger partial charge in [0.15, 0.2) is 0 Å². The van der Waals surface area contributed by atoms with Gasteiger partial charge in [-0.2, -0.15) is 4.31 Å². The van der Waals surface area contributed by atoms with Crippen LogP contribution in [0.3, 0.4) is 0 Å². The molecule has 1 N–H and O–H groups in total. The molecule has 0 unspecified atom stereocenters. The lowest BCUT2D eigenvalue weighted by atomic mass is 9.97. The van der Waals surface area contributed by atoms with E-state index in [9.17, 15) is 13.2 Å². The van der Waals surface area contributed by atoms with Crippen molar-refractivity contribution in [1.82, 2.24) is 9.62 Å². The molecule has 1 amide bonds. The third-order valence-electron chi connectivity index (χ3n) is 4.41. The number of piperidine rings is 1. The summed E-state index contributed by atoms with van der Waals surface area (Å²) >= 11 is 6.04. The molecular formula is C17H25ClN2O5S. The van der Waals surface area contributed by atoms with Crippen molar-refractivity contribution in [2.24, 2.45) is 5.92 Å². The van der Waals surface area contributed by atoms with Gasteiger partial charge in [-0.15, -0.1) is 0 Å². The van der Waals surface area contributed by atoms with Crippen LogP contribution in [0.5, 0.6) is 5.75 Å². The number of carbonyl (C=O) groups is 1. The maximum atomic E-state index is 12.8. The molecule has 7 nitrogen and oxygen atoms in total. The number of benzene rings is 1. The number of ether oxygens (including phenoxy) is 2. The van der Waals surface area contributed by atoms with E-state index in [1.54, 1.807) is 7.11 Å². The summed E-state index contributed by atoms with van der Waals surface area (Å²) in [5.41, 5.74) is 0. The molecule has 26 heavy (non-hydrogen) atoms. The number of amides is 1. The van der Waals surface area contributed by atoms with Gasteiger partial charge in [-0.25, -0.2) is 8.42 Å². The van der Waals surface area contributed by atoms with Gasteiger partial charge in [0.1, 0.15) is 5.75 Å². The van der Waals surface area contributed by atoms with E-state index in [4.69, 9.17) is 21.1 Å². The van der Waals surface area contributed by atoms with Gasteiger partial charge in [-0.1, -0.05) is 11.6 Å². The highest BCUT2D eigenvalue weighted by atomic mass is 35.5. The minimum atomic E-state index is -3.64. The Morgan fingerprint density at radius 3 is 2.58 bits per heavy atom. The Morgan fingerprint density at radius 1 is 1.31 bits per heavy atom. The van der Waals surface area contributed by atoms with Crippen LogP contribution in [0.1, 0.15) is 19.3 Å². The standard InChI is InChI=1S/C17H25ClN2O5S/c1-24-11-3-8-19-17(21)13-6-9-20(10-7-13)26(22,23)14-4-5-16(25-2)15(18)12-14/h4-5,12-13H,3,6-11H2,1-2H3,(H,19,21). The maximum absolute atomic E-state index is 12.8. The van der Waals surface area contributed by atoms with Crippen molar-refractivity contribution in [3.05, 3.63) is 23.2 Å². The summed E-state index contributed by atoms with van der Waals surface area (Å²) < 4.78 is 36.9. The lowest BCUT2D eigenvalue weighted by Gasteiger charge is -2.30.